The van der Waals surface area contributed by atoms with Crippen molar-refractivity contribution in [3.05, 3.63) is 6.08 Å². The molecule has 0 unspecified atom stereocenters. The number of rotatable bonds is 4. The van der Waals surface area contributed by atoms with E-state index in [4.69, 9.17) is 0 Å². The van der Waals surface area contributed by atoms with Gasteiger partial charge in [0, 0.05) is 32.8 Å². The lowest BCUT2D eigenvalue weighted by Gasteiger charge is -2.13. The second kappa shape index (κ2) is 7.32. The Morgan fingerprint density at radius 3 is 2.33 bits per heavy atom. The highest BCUT2D eigenvalue weighted by molar-refractivity contribution is 5.45. The first-order valence-corrected chi connectivity index (χ1v) is 5.90. The molecule has 0 saturated carbocycles. The Morgan fingerprint density at radius 1 is 1.20 bits per heavy atom. The molecule has 0 aromatic carbocycles. The summed E-state index contributed by atoms with van der Waals surface area (Å²) < 4.78 is 2.19. The molecule has 0 saturated heterocycles. The van der Waals surface area contributed by atoms with Crippen molar-refractivity contribution in [2.75, 3.05) is 6.54 Å². The molecule has 15 heavy (non-hydrogen) atoms. The third-order valence-electron chi connectivity index (χ3n) is 2.18. The zero-order valence-corrected chi connectivity index (χ0v) is 10.9. The van der Waals surface area contributed by atoms with Crippen molar-refractivity contribution in [1.82, 2.24) is 0 Å². The first-order chi connectivity index (χ1) is 7.08. The van der Waals surface area contributed by atoms with Crippen molar-refractivity contribution in [1.29, 1.82) is 0 Å². The molecule has 0 fully saturated rings. The van der Waals surface area contributed by atoms with E-state index in [2.05, 4.69) is 50.0 Å². The summed E-state index contributed by atoms with van der Waals surface area (Å²) in [7, 11) is 0. The van der Waals surface area contributed by atoms with Crippen molar-refractivity contribution in [2.45, 2.75) is 59.4 Å². The molecule has 0 heterocycles. The van der Waals surface area contributed by atoms with E-state index in [1.165, 1.54) is 0 Å². The number of unbranched alkanes of at least 4 members (excludes halogenated alkanes) is 1. The van der Waals surface area contributed by atoms with Crippen LogP contribution in [-0.2, 0) is 0 Å². The monoisotopic (exact) mass is 206 g/mol. The van der Waals surface area contributed by atoms with E-state index in [0.717, 1.165) is 25.8 Å². The van der Waals surface area contributed by atoms with Crippen LogP contribution in [-0.4, -0.2) is 22.5 Å². The van der Waals surface area contributed by atoms with E-state index < -0.39 is 0 Å². The highest BCUT2D eigenvalue weighted by atomic mass is 15.1. The maximum Gasteiger partial charge on any atom is 0.226 e. The summed E-state index contributed by atoms with van der Waals surface area (Å²) in [5.41, 5.74) is -0.0995. The van der Waals surface area contributed by atoms with Gasteiger partial charge < -0.3 is 0 Å². The minimum absolute atomic E-state index is 0.0995. The van der Waals surface area contributed by atoms with E-state index in [9.17, 15) is 0 Å². The molecule has 0 N–H and O–H groups in total. The third kappa shape index (κ3) is 5.45. The van der Waals surface area contributed by atoms with Gasteiger partial charge in [-0.25, -0.2) is 0 Å². The van der Waals surface area contributed by atoms with Crippen molar-refractivity contribution in [3.8, 4) is 11.8 Å². The van der Waals surface area contributed by atoms with Crippen molar-refractivity contribution >= 4 is 5.87 Å². The maximum atomic E-state index is 3.32. The molecule has 0 bridgehead atoms. The van der Waals surface area contributed by atoms with Gasteiger partial charge in [0.2, 0.25) is 5.54 Å². The van der Waals surface area contributed by atoms with Gasteiger partial charge in [0.15, 0.2) is 12.4 Å². The van der Waals surface area contributed by atoms with Crippen LogP contribution >= 0.6 is 0 Å². The van der Waals surface area contributed by atoms with Crippen LogP contribution in [0, 0.1) is 11.8 Å². The van der Waals surface area contributed by atoms with E-state index in [0.29, 0.717) is 0 Å². The SMILES string of the molecule is CC=C=[N+](CCC)C(C)(C)C#CCCC. The fraction of sp³-hybridized carbons (Fsp3) is 0.714. The summed E-state index contributed by atoms with van der Waals surface area (Å²) in [5, 5.41) is 0. The van der Waals surface area contributed by atoms with Crippen LogP contribution in [0.1, 0.15) is 53.9 Å². The van der Waals surface area contributed by atoms with Crippen LogP contribution in [0.4, 0.5) is 0 Å². The molecule has 1 nitrogen and oxygen atoms in total. The maximum absolute atomic E-state index is 3.32. The minimum atomic E-state index is -0.0995. The topological polar surface area (TPSA) is 3.01 Å². The molecule has 0 amide bonds. The van der Waals surface area contributed by atoms with E-state index in [1.54, 1.807) is 0 Å². The Kier molecular flexibility index (Phi) is 6.84. The molecule has 0 atom stereocenters. The van der Waals surface area contributed by atoms with Gasteiger partial charge in [-0.3, -0.25) is 0 Å². The van der Waals surface area contributed by atoms with E-state index in [-0.39, 0.29) is 5.54 Å². The minimum Gasteiger partial charge on any atom is -0.172 e. The summed E-state index contributed by atoms with van der Waals surface area (Å²) in [5.74, 6) is 9.81. The first kappa shape index (κ1) is 14.0. The van der Waals surface area contributed by atoms with Gasteiger partial charge >= 0.3 is 0 Å². The lowest BCUT2D eigenvalue weighted by molar-refractivity contribution is -0.578. The van der Waals surface area contributed by atoms with Crippen LogP contribution < -0.4 is 0 Å². The van der Waals surface area contributed by atoms with Gasteiger partial charge in [0.1, 0.15) is 0 Å². The average Bonchev–Trinajstić information content (AvgIpc) is 2.18. The van der Waals surface area contributed by atoms with E-state index in [1.807, 2.05) is 13.0 Å². The van der Waals surface area contributed by atoms with Gasteiger partial charge in [-0.2, -0.15) is 4.58 Å². The standard InChI is InChI=1S/C14H24N/c1-6-9-10-11-14(4,5)15(12-7-2)13-8-3/h7H,6,8-9,13H2,1-5H3/q+1. The summed E-state index contributed by atoms with van der Waals surface area (Å²) in [6, 6.07) is 0. The first-order valence-electron chi connectivity index (χ1n) is 5.90. The van der Waals surface area contributed by atoms with Gasteiger partial charge in [-0.05, 0) is 19.3 Å². The number of nitrogens with zero attached hydrogens (tertiary/aromatic N) is 1. The Bertz CT molecular complexity index is 293. The Morgan fingerprint density at radius 2 is 1.87 bits per heavy atom. The van der Waals surface area contributed by atoms with Gasteiger partial charge in [-0.1, -0.05) is 19.8 Å². The van der Waals surface area contributed by atoms with Crippen LogP contribution in [0.5, 0.6) is 0 Å². The van der Waals surface area contributed by atoms with Crippen LogP contribution in [0.2, 0.25) is 0 Å². The molecule has 0 aliphatic carbocycles. The fourth-order valence-corrected chi connectivity index (χ4v) is 1.36. The van der Waals surface area contributed by atoms with Crippen LogP contribution in [0.15, 0.2) is 6.08 Å². The molecular formula is C14H24N+. The molecule has 0 spiro atoms. The fourth-order valence-electron chi connectivity index (χ4n) is 1.36. The van der Waals surface area contributed by atoms with Gasteiger partial charge in [0.05, 0.1) is 0 Å². The van der Waals surface area contributed by atoms with Gasteiger partial charge in [0.25, 0.3) is 0 Å². The highest BCUT2D eigenvalue weighted by Crippen LogP contribution is 2.07. The third-order valence-corrected chi connectivity index (χ3v) is 2.18. The smallest absolute Gasteiger partial charge is 0.172 e. The lowest BCUT2D eigenvalue weighted by Crippen LogP contribution is -2.35. The molecular weight excluding hydrogens is 182 g/mol. The van der Waals surface area contributed by atoms with Crippen molar-refractivity contribution in [2.24, 2.45) is 0 Å². The molecule has 0 rings (SSSR count). The van der Waals surface area contributed by atoms with Crippen molar-refractivity contribution < 1.29 is 4.58 Å². The summed E-state index contributed by atoms with van der Waals surface area (Å²) in [6.07, 6.45) is 5.20. The van der Waals surface area contributed by atoms with Crippen LogP contribution in [0.25, 0.3) is 0 Å². The Hall–Kier alpha value is -0.990. The van der Waals surface area contributed by atoms with Crippen LogP contribution in [0.3, 0.4) is 0 Å². The normalized spacial score (nSPS) is 9.93. The zero-order valence-electron chi connectivity index (χ0n) is 10.9. The average molecular weight is 206 g/mol. The zero-order chi connectivity index (χ0) is 11.7. The molecule has 1 heteroatoms. The quantitative estimate of drug-likeness (QED) is 0.377. The summed E-state index contributed by atoms with van der Waals surface area (Å²) >= 11 is 0. The number of hydrogen-bond donors (Lipinski definition) is 0. The molecule has 0 aliphatic heterocycles. The second-order valence-corrected chi connectivity index (χ2v) is 4.18. The molecule has 84 valence electrons. The lowest BCUT2D eigenvalue weighted by atomic mass is 10.0. The second-order valence-electron chi connectivity index (χ2n) is 4.18. The predicted molar refractivity (Wildman–Crippen MR) is 67.4 cm³/mol. The molecule has 0 aliphatic rings. The predicted octanol–water partition coefficient (Wildman–Crippen LogP) is 3.24. The molecule has 0 aromatic rings. The molecule has 0 aromatic heterocycles. The summed E-state index contributed by atoms with van der Waals surface area (Å²) in [6.45, 7) is 11.7. The van der Waals surface area contributed by atoms with Crippen molar-refractivity contribution in [3.63, 3.8) is 0 Å². The summed E-state index contributed by atoms with van der Waals surface area (Å²) in [4.78, 5) is 0. The molecule has 0 radical (unpaired) electrons. The van der Waals surface area contributed by atoms with Gasteiger partial charge in [-0.15, -0.1) is 0 Å². The highest BCUT2D eigenvalue weighted by Gasteiger charge is 2.26. The number of allylic oxidation sites excluding steroid dienone is 1. The Balaban J connectivity index is 4.82. The Labute approximate surface area is 94.9 Å². The number of hydrogen-bond acceptors (Lipinski definition) is 0. The largest absolute Gasteiger partial charge is 0.226 e. The van der Waals surface area contributed by atoms with E-state index >= 15 is 0 Å².